The normalized spacial score (nSPS) is 11.5. The number of hydrogen-bond acceptors (Lipinski definition) is 5. The van der Waals surface area contributed by atoms with E-state index in [4.69, 9.17) is 4.74 Å². The highest BCUT2D eigenvalue weighted by atomic mass is 16.5. The Morgan fingerprint density at radius 1 is 0.719 bits per heavy atom. The molecule has 0 fully saturated rings. The number of ether oxygens (including phenoxy) is 1. The van der Waals surface area contributed by atoms with Gasteiger partial charge >= 0.3 is 0 Å². The molecular formula is C27H30N2O3. The smallest absolute Gasteiger partial charge is 0.124 e. The Labute approximate surface area is 189 Å². The number of benzene rings is 3. The average Bonchev–Trinajstić information content (AvgIpc) is 2.80. The molecule has 3 aromatic rings. The fourth-order valence-corrected chi connectivity index (χ4v) is 3.42. The topological polar surface area (TPSA) is 74.4 Å². The molecule has 0 bridgehead atoms. The van der Waals surface area contributed by atoms with Gasteiger partial charge in [-0.15, -0.1) is 0 Å². The molecule has 0 saturated carbocycles. The van der Waals surface area contributed by atoms with Gasteiger partial charge in [-0.3, -0.25) is 9.98 Å². The fourth-order valence-electron chi connectivity index (χ4n) is 3.42. The highest BCUT2D eigenvalue weighted by molar-refractivity contribution is 5.90. The largest absolute Gasteiger partial charge is 0.507 e. The van der Waals surface area contributed by atoms with Crippen molar-refractivity contribution >= 4 is 23.8 Å². The molecule has 0 atom stereocenters. The van der Waals surface area contributed by atoms with Crippen LogP contribution >= 0.6 is 0 Å². The van der Waals surface area contributed by atoms with Crippen LogP contribution in [0.4, 0.5) is 11.4 Å². The van der Waals surface area contributed by atoms with Crippen LogP contribution in [0.3, 0.4) is 0 Å². The Hall–Kier alpha value is -3.60. The molecule has 0 aromatic heterocycles. The summed E-state index contributed by atoms with van der Waals surface area (Å²) in [6.45, 7) is 4.24. The molecule has 0 aliphatic rings. The van der Waals surface area contributed by atoms with Crippen LogP contribution in [-0.2, 0) is 12.8 Å². The van der Waals surface area contributed by atoms with E-state index in [1.807, 2.05) is 36.4 Å². The predicted octanol–water partition coefficient (Wildman–Crippen LogP) is 6.51. The summed E-state index contributed by atoms with van der Waals surface area (Å²) in [6.07, 6.45) is 7.24. The maximum Gasteiger partial charge on any atom is 0.124 e. The molecule has 3 rings (SSSR count). The van der Waals surface area contributed by atoms with Crippen molar-refractivity contribution in [2.75, 3.05) is 7.11 Å². The second kappa shape index (κ2) is 11.1. The summed E-state index contributed by atoms with van der Waals surface area (Å²) < 4.78 is 5.35. The molecule has 0 unspecified atom stereocenters. The fraction of sp³-hybridized carbons (Fsp3) is 0.259. The van der Waals surface area contributed by atoms with Crippen molar-refractivity contribution in [3.8, 4) is 17.2 Å². The first-order valence-corrected chi connectivity index (χ1v) is 10.9. The van der Waals surface area contributed by atoms with E-state index in [-0.39, 0.29) is 11.5 Å². The summed E-state index contributed by atoms with van der Waals surface area (Å²) in [7, 11) is 1.60. The molecule has 0 heterocycles. The molecule has 2 N–H and O–H groups in total. The zero-order valence-electron chi connectivity index (χ0n) is 18.9. The van der Waals surface area contributed by atoms with Crippen LogP contribution in [0.15, 0.2) is 64.6 Å². The van der Waals surface area contributed by atoms with E-state index in [1.54, 1.807) is 37.7 Å². The van der Waals surface area contributed by atoms with Crippen molar-refractivity contribution in [3.63, 3.8) is 0 Å². The molecule has 5 nitrogen and oxygen atoms in total. The summed E-state index contributed by atoms with van der Waals surface area (Å²) in [5.74, 6) is 1.02. The van der Waals surface area contributed by atoms with E-state index in [2.05, 4.69) is 23.8 Å². The number of rotatable bonds is 9. The Morgan fingerprint density at radius 3 is 1.75 bits per heavy atom. The third-order valence-corrected chi connectivity index (χ3v) is 5.13. The molecular weight excluding hydrogens is 400 g/mol. The minimum atomic E-state index is 0.180. The number of phenolic OH excluding ortho intramolecular Hbond substituents is 2. The van der Waals surface area contributed by atoms with Crippen molar-refractivity contribution in [2.45, 2.75) is 39.5 Å². The molecule has 0 aliphatic carbocycles. The van der Waals surface area contributed by atoms with E-state index < -0.39 is 0 Å². The van der Waals surface area contributed by atoms with Crippen LogP contribution in [0.2, 0.25) is 0 Å². The van der Waals surface area contributed by atoms with Crippen LogP contribution in [0.5, 0.6) is 17.2 Å². The first-order valence-electron chi connectivity index (χ1n) is 10.9. The van der Waals surface area contributed by atoms with Gasteiger partial charge in [-0.2, -0.15) is 0 Å². The quantitative estimate of drug-likeness (QED) is 0.380. The van der Waals surface area contributed by atoms with Crippen molar-refractivity contribution in [1.82, 2.24) is 0 Å². The number of phenols is 2. The number of aryl methyl sites for hydroxylation is 2. The monoisotopic (exact) mass is 430 g/mol. The summed E-state index contributed by atoms with van der Waals surface area (Å²) in [5.41, 5.74) is 4.85. The molecule has 0 aliphatic heterocycles. The minimum absolute atomic E-state index is 0.180. The van der Waals surface area contributed by atoms with Crippen molar-refractivity contribution in [3.05, 3.63) is 76.9 Å². The minimum Gasteiger partial charge on any atom is -0.507 e. The van der Waals surface area contributed by atoms with Gasteiger partial charge in [-0.05, 0) is 60.4 Å². The van der Waals surface area contributed by atoms with Gasteiger partial charge in [0.05, 0.1) is 18.5 Å². The number of nitrogens with zero attached hydrogens (tertiary/aromatic N) is 2. The van der Waals surface area contributed by atoms with Gasteiger partial charge in [0.15, 0.2) is 0 Å². The Kier molecular flexibility index (Phi) is 8.03. The lowest BCUT2D eigenvalue weighted by Crippen LogP contribution is -1.89. The first kappa shape index (κ1) is 23.1. The molecule has 166 valence electrons. The van der Waals surface area contributed by atoms with Gasteiger partial charge in [0, 0.05) is 29.6 Å². The number of hydrogen-bond donors (Lipinski definition) is 2. The summed E-state index contributed by atoms with van der Waals surface area (Å²) in [5, 5.41) is 20.4. The Bertz CT molecular complexity index is 1120. The van der Waals surface area contributed by atoms with Crippen LogP contribution in [0.25, 0.3) is 0 Å². The molecule has 5 heteroatoms. The van der Waals surface area contributed by atoms with E-state index in [0.717, 1.165) is 36.8 Å². The van der Waals surface area contributed by atoms with Crippen LogP contribution in [0, 0.1) is 0 Å². The number of methoxy groups -OCH3 is 1. The molecule has 3 aromatic carbocycles. The lowest BCUT2D eigenvalue weighted by molar-refractivity contribution is 0.415. The highest BCUT2D eigenvalue weighted by Gasteiger charge is 2.06. The Balaban J connectivity index is 1.94. The zero-order chi connectivity index (χ0) is 22.9. The summed E-state index contributed by atoms with van der Waals surface area (Å²) in [6, 6.07) is 16.6. The summed E-state index contributed by atoms with van der Waals surface area (Å²) >= 11 is 0. The SMILES string of the molecule is CCCc1ccc(O)c(C=Nc2ccc(OC)cc2N=Cc2cc(CCC)ccc2O)c1. The molecule has 0 saturated heterocycles. The van der Waals surface area contributed by atoms with Crippen molar-refractivity contribution in [1.29, 1.82) is 0 Å². The zero-order valence-corrected chi connectivity index (χ0v) is 18.9. The van der Waals surface area contributed by atoms with Crippen LogP contribution < -0.4 is 4.74 Å². The van der Waals surface area contributed by atoms with E-state index in [9.17, 15) is 10.2 Å². The third-order valence-electron chi connectivity index (χ3n) is 5.13. The highest BCUT2D eigenvalue weighted by Crippen LogP contribution is 2.33. The van der Waals surface area contributed by atoms with Gasteiger partial charge < -0.3 is 14.9 Å². The maximum atomic E-state index is 10.2. The van der Waals surface area contributed by atoms with Gasteiger partial charge in [0.2, 0.25) is 0 Å². The standard InChI is InChI=1S/C27H30N2O3/c1-4-6-19-8-12-26(30)21(14-19)17-28-24-11-10-23(32-3)16-25(24)29-18-22-15-20(7-5-2)9-13-27(22)31/h8-18,30-31H,4-7H2,1-3H3. The summed E-state index contributed by atoms with van der Waals surface area (Å²) in [4.78, 5) is 9.17. The first-order chi connectivity index (χ1) is 15.5. The lowest BCUT2D eigenvalue weighted by atomic mass is 10.1. The number of aromatic hydroxyl groups is 2. The molecule has 0 amide bonds. The second-order valence-corrected chi connectivity index (χ2v) is 7.66. The van der Waals surface area contributed by atoms with E-state index >= 15 is 0 Å². The maximum absolute atomic E-state index is 10.2. The van der Waals surface area contributed by atoms with Crippen molar-refractivity contribution in [2.24, 2.45) is 9.98 Å². The molecule has 32 heavy (non-hydrogen) atoms. The van der Waals surface area contributed by atoms with Crippen LogP contribution in [-0.4, -0.2) is 29.8 Å². The molecule has 0 spiro atoms. The second-order valence-electron chi connectivity index (χ2n) is 7.66. The van der Waals surface area contributed by atoms with Crippen LogP contribution in [0.1, 0.15) is 48.9 Å². The average molecular weight is 431 g/mol. The van der Waals surface area contributed by atoms with Gasteiger partial charge in [-0.1, -0.05) is 38.8 Å². The van der Waals surface area contributed by atoms with Crippen molar-refractivity contribution < 1.29 is 14.9 Å². The van der Waals surface area contributed by atoms with Gasteiger partial charge in [0.1, 0.15) is 17.2 Å². The van der Waals surface area contributed by atoms with Gasteiger partial charge in [-0.25, -0.2) is 0 Å². The van der Waals surface area contributed by atoms with Gasteiger partial charge in [0.25, 0.3) is 0 Å². The Morgan fingerprint density at radius 2 is 1.25 bits per heavy atom. The number of aliphatic imine (C=N–C) groups is 2. The molecule has 0 radical (unpaired) electrons. The lowest BCUT2D eigenvalue weighted by Gasteiger charge is -2.07. The van der Waals surface area contributed by atoms with E-state index in [1.165, 1.54) is 0 Å². The third kappa shape index (κ3) is 5.97. The van der Waals surface area contributed by atoms with E-state index in [0.29, 0.717) is 28.3 Å². The predicted molar refractivity (Wildman–Crippen MR) is 132 cm³/mol.